The zero-order valence-corrected chi connectivity index (χ0v) is 14.7. The van der Waals surface area contributed by atoms with Gasteiger partial charge in [-0.15, -0.1) is 0 Å². The lowest BCUT2D eigenvalue weighted by Gasteiger charge is -2.30. The molecule has 0 heterocycles. The minimum Gasteiger partial charge on any atom is -0.493 e. The van der Waals surface area contributed by atoms with E-state index >= 15 is 0 Å². The van der Waals surface area contributed by atoms with Crippen molar-refractivity contribution >= 4 is 5.97 Å². The van der Waals surface area contributed by atoms with E-state index in [0.29, 0.717) is 37.2 Å². The van der Waals surface area contributed by atoms with Gasteiger partial charge < -0.3 is 19.4 Å². The maximum absolute atomic E-state index is 11.2. The molecular weight excluding hydrogens is 318 g/mol. The second-order valence-electron chi connectivity index (χ2n) is 7.15. The summed E-state index contributed by atoms with van der Waals surface area (Å²) in [5, 5.41) is 9.21. The van der Waals surface area contributed by atoms with E-state index < -0.39 is 11.5 Å². The Bertz CT molecular complexity index is 665. The highest BCUT2D eigenvalue weighted by atomic mass is 16.5. The number of rotatable bonds is 5. The van der Waals surface area contributed by atoms with Crippen molar-refractivity contribution in [2.45, 2.75) is 63.0 Å². The number of hydrogen-bond acceptors (Lipinski definition) is 3. The quantitative estimate of drug-likeness (QED) is 0.805. The molecule has 0 saturated heterocycles. The van der Waals surface area contributed by atoms with Crippen molar-refractivity contribution in [2.75, 3.05) is 7.11 Å². The molecular formula is C20H25NO4. The van der Waals surface area contributed by atoms with E-state index in [4.69, 9.17) is 16.0 Å². The molecule has 1 N–H and O–H groups in total. The molecule has 0 spiro atoms. The molecule has 134 valence electrons. The fourth-order valence-electron chi connectivity index (χ4n) is 4.05. The molecule has 0 aromatic heterocycles. The monoisotopic (exact) mass is 343 g/mol. The molecule has 2 fully saturated rings. The van der Waals surface area contributed by atoms with Gasteiger partial charge in [0.05, 0.1) is 19.1 Å². The van der Waals surface area contributed by atoms with Gasteiger partial charge in [-0.2, -0.15) is 0 Å². The van der Waals surface area contributed by atoms with Gasteiger partial charge in [-0.3, -0.25) is 4.79 Å². The van der Waals surface area contributed by atoms with Gasteiger partial charge in [0.2, 0.25) is 0 Å². The Balaban J connectivity index is 1.85. The second-order valence-corrected chi connectivity index (χ2v) is 7.15. The molecule has 1 aromatic rings. The largest absolute Gasteiger partial charge is 0.493 e. The molecule has 1 aromatic carbocycles. The third-order valence-electron chi connectivity index (χ3n) is 5.67. The van der Waals surface area contributed by atoms with Gasteiger partial charge in [-0.05, 0) is 56.7 Å². The molecule has 2 saturated carbocycles. The van der Waals surface area contributed by atoms with Crippen molar-refractivity contribution in [3.8, 4) is 11.5 Å². The SMILES string of the molecule is [C-]#[N+]C1(c2ccc(OC)c(OC3CCCC3)c2)CCC(C(=O)O)CC1. The maximum Gasteiger partial charge on any atom is 0.306 e. The fraction of sp³-hybridized carbons (Fsp3) is 0.600. The summed E-state index contributed by atoms with van der Waals surface area (Å²) in [5.74, 6) is 0.311. The normalized spacial score (nSPS) is 26.8. The van der Waals surface area contributed by atoms with Gasteiger partial charge in [0.25, 0.3) is 5.54 Å². The van der Waals surface area contributed by atoms with Crippen LogP contribution in [0.4, 0.5) is 0 Å². The van der Waals surface area contributed by atoms with E-state index in [1.165, 1.54) is 12.8 Å². The molecule has 5 nitrogen and oxygen atoms in total. The van der Waals surface area contributed by atoms with E-state index in [1.807, 2.05) is 18.2 Å². The van der Waals surface area contributed by atoms with Crippen LogP contribution in [0.15, 0.2) is 18.2 Å². The molecule has 0 radical (unpaired) electrons. The fourth-order valence-corrected chi connectivity index (χ4v) is 4.05. The lowest BCUT2D eigenvalue weighted by molar-refractivity contribution is -0.143. The number of ether oxygens (including phenoxy) is 2. The Hall–Kier alpha value is -2.22. The van der Waals surface area contributed by atoms with Crippen LogP contribution in [-0.2, 0) is 10.3 Å². The summed E-state index contributed by atoms with van der Waals surface area (Å²) in [5.41, 5.74) is 0.270. The van der Waals surface area contributed by atoms with Crippen molar-refractivity contribution in [3.05, 3.63) is 35.2 Å². The van der Waals surface area contributed by atoms with E-state index in [1.54, 1.807) is 7.11 Å². The predicted molar refractivity (Wildman–Crippen MR) is 93.8 cm³/mol. The second kappa shape index (κ2) is 7.35. The minimum absolute atomic E-state index is 0.218. The third kappa shape index (κ3) is 3.58. The maximum atomic E-state index is 11.2. The standard InChI is InChI=1S/C20H25NO4/c1-21-20(11-9-14(10-12-20)19(22)23)15-7-8-17(24-2)18(13-15)25-16-5-3-4-6-16/h7-8,13-14,16H,3-6,9-12H2,2H3,(H,22,23). The summed E-state index contributed by atoms with van der Waals surface area (Å²) in [6.07, 6.45) is 6.94. The smallest absolute Gasteiger partial charge is 0.306 e. The van der Waals surface area contributed by atoms with Gasteiger partial charge in [0.1, 0.15) is 0 Å². The van der Waals surface area contributed by atoms with Crippen LogP contribution < -0.4 is 9.47 Å². The van der Waals surface area contributed by atoms with Crippen molar-refractivity contribution in [1.29, 1.82) is 0 Å². The molecule has 5 heteroatoms. The number of hydrogen-bond donors (Lipinski definition) is 1. The lowest BCUT2D eigenvalue weighted by Crippen LogP contribution is -2.31. The van der Waals surface area contributed by atoms with Crippen molar-refractivity contribution in [1.82, 2.24) is 0 Å². The molecule has 2 aliphatic carbocycles. The van der Waals surface area contributed by atoms with Crippen LogP contribution >= 0.6 is 0 Å². The summed E-state index contributed by atoms with van der Waals surface area (Å²) < 4.78 is 11.6. The number of nitrogens with zero attached hydrogens (tertiary/aromatic N) is 1. The van der Waals surface area contributed by atoms with E-state index in [2.05, 4.69) is 4.85 Å². The highest BCUT2D eigenvalue weighted by Gasteiger charge is 2.44. The number of carbonyl (C=O) groups is 1. The van der Waals surface area contributed by atoms with E-state index in [0.717, 1.165) is 18.4 Å². The van der Waals surface area contributed by atoms with Gasteiger partial charge in [0.15, 0.2) is 11.5 Å². The molecule has 2 aliphatic rings. The average Bonchev–Trinajstić information content (AvgIpc) is 3.14. The first-order chi connectivity index (χ1) is 12.1. The molecule has 0 aliphatic heterocycles. The van der Waals surface area contributed by atoms with E-state index in [9.17, 15) is 9.90 Å². The van der Waals surface area contributed by atoms with Crippen molar-refractivity contribution < 1.29 is 19.4 Å². The average molecular weight is 343 g/mol. The number of carboxylic acids is 1. The van der Waals surface area contributed by atoms with Crippen LogP contribution in [0.5, 0.6) is 11.5 Å². The summed E-state index contributed by atoms with van der Waals surface area (Å²) in [4.78, 5) is 15.1. The first-order valence-corrected chi connectivity index (χ1v) is 9.04. The lowest BCUT2D eigenvalue weighted by atomic mass is 9.73. The van der Waals surface area contributed by atoms with E-state index in [-0.39, 0.29) is 12.0 Å². The van der Waals surface area contributed by atoms with Crippen LogP contribution in [0, 0.1) is 12.5 Å². The zero-order valence-electron chi connectivity index (χ0n) is 14.7. The van der Waals surface area contributed by atoms with Crippen LogP contribution in [-0.4, -0.2) is 24.3 Å². The number of carboxylic acid groups (broad SMARTS) is 1. The first kappa shape index (κ1) is 17.6. The molecule has 0 atom stereocenters. The Morgan fingerprint density at radius 2 is 1.88 bits per heavy atom. The van der Waals surface area contributed by atoms with Crippen LogP contribution in [0.3, 0.4) is 0 Å². The Morgan fingerprint density at radius 3 is 2.44 bits per heavy atom. The van der Waals surface area contributed by atoms with Crippen LogP contribution in [0.25, 0.3) is 4.85 Å². The Kier molecular flexibility index (Phi) is 5.17. The summed E-state index contributed by atoms with van der Waals surface area (Å²) in [7, 11) is 1.62. The predicted octanol–water partition coefficient (Wildman–Crippen LogP) is 4.41. The minimum atomic E-state index is -0.751. The Morgan fingerprint density at radius 1 is 1.20 bits per heavy atom. The summed E-state index contributed by atoms with van der Waals surface area (Å²) in [6.45, 7) is 7.75. The van der Waals surface area contributed by atoms with Gasteiger partial charge in [-0.1, -0.05) is 0 Å². The van der Waals surface area contributed by atoms with Gasteiger partial charge in [0, 0.05) is 18.4 Å². The Labute approximate surface area is 148 Å². The molecule has 3 rings (SSSR count). The molecule has 0 unspecified atom stereocenters. The molecule has 25 heavy (non-hydrogen) atoms. The van der Waals surface area contributed by atoms with Crippen LogP contribution in [0.2, 0.25) is 0 Å². The number of methoxy groups -OCH3 is 1. The van der Waals surface area contributed by atoms with Crippen molar-refractivity contribution in [3.63, 3.8) is 0 Å². The van der Waals surface area contributed by atoms with Gasteiger partial charge in [-0.25, -0.2) is 6.57 Å². The highest BCUT2D eigenvalue weighted by molar-refractivity contribution is 5.70. The van der Waals surface area contributed by atoms with Crippen LogP contribution in [0.1, 0.15) is 56.9 Å². The first-order valence-electron chi connectivity index (χ1n) is 9.04. The zero-order chi connectivity index (χ0) is 17.9. The number of aliphatic carboxylic acids is 1. The highest BCUT2D eigenvalue weighted by Crippen LogP contribution is 2.45. The van der Waals surface area contributed by atoms with Gasteiger partial charge >= 0.3 is 5.97 Å². The topological polar surface area (TPSA) is 60.1 Å². The third-order valence-corrected chi connectivity index (χ3v) is 5.67. The molecule has 0 bridgehead atoms. The summed E-state index contributed by atoms with van der Waals surface area (Å²) in [6, 6.07) is 5.74. The number of benzene rings is 1. The molecule has 0 amide bonds. The van der Waals surface area contributed by atoms with Crippen molar-refractivity contribution in [2.24, 2.45) is 5.92 Å². The summed E-state index contributed by atoms with van der Waals surface area (Å²) >= 11 is 0.